The molecule has 1 aromatic carbocycles. The summed E-state index contributed by atoms with van der Waals surface area (Å²) in [5.41, 5.74) is 8.69. The lowest BCUT2D eigenvalue weighted by molar-refractivity contribution is 0.0921. The highest BCUT2D eigenvalue weighted by Gasteiger charge is 2.21. The number of pyridine rings is 2. The molecule has 1 amide bonds. The number of amides is 1. The zero-order valence-corrected chi connectivity index (χ0v) is 18.5. The molecular formula is C23H18ClFN6O2. The van der Waals surface area contributed by atoms with Gasteiger partial charge in [-0.2, -0.15) is 5.26 Å². The first-order valence-electron chi connectivity index (χ1n) is 9.89. The molecule has 8 nitrogen and oxygen atoms in total. The van der Waals surface area contributed by atoms with Crippen LogP contribution >= 0.6 is 11.6 Å². The second-order valence-electron chi connectivity index (χ2n) is 7.49. The Bertz CT molecular complexity index is 1420. The van der Waals surface area contributed by atoms with Gasteiger partial charge in [-0.15, -0.1) is 0 Å². The Morgan fingerprint density at radius 1 is 1.27 bits per heavy atom. The van der Waals surface area contributed by atoms with Gasteiger partial charge in [0.25, 0.3) is 5.91 Å². The molecule has 3 aromatic heterocycles. The molecule has 0 spiro atoms. The van der Waals surface area contributed by atoms with Gasteiger partial charge in [0.05, 0.1) is 5.02 Å². The third-order valence-corrected chi connectivity index (χ3v) is 5.31. The minimum absolute atomic E-state index is 0.0709. The Morgan fingerprint density at radius 2 is 2.06 bits per heavy atom. The second-order valence-corrected chi connectivity index (χ2v) is 7.92. The summed E-state index contributed by atoms with van der Waals surface area (Å²) >= 11 is 5.96. The van der Waals surface area contributed by atoms with E-state index >= 15 is 0 Å². The fourth-order valence-corrected chi connectivity index (χ4v) is 3.75. The van der Waals surface area contributed by atoms with Gasteiger partial charge < -0.3 is 15.5 Å². The second kappa shape index (κ2) is 8.84. The molecule has 4 rings (SSSR count). The van der Waals surface area contributed by atoms with Crippen LogP contribution in [0.5, 0.6) is 0 Å². The normalized spacial score (nSPS) is 10.9. The fourth-order valence-electron chi connectivity index (χ4n) is 3.59. The number of nitriles is 1. The van der Waals surface area contributed by atoms with Crippen molar-refractivity contribution in [2.75, 3.05) is 5.73 Å². The van der Waals surface area contributed by atoms with Crippen molar-refractivity contribution < 1.29 is 13.6 Å². The minimum Gasteiger partial charge on any atom is -0.434 e. The van der Waals surface area contributed by atoms with Crippen LogP contribution in [0, 0.1) is 31.0 Å². The van der Waals surface area contributed by atoms with Crippen molar-refractivity contribution in [1.82, 2.24) is 20.3 Å². The van der Waals surface area contributed by atoms with E-state index in [1.807, 2.05) is 13.0 Å². The van der Waals surface area contributed by atoms with Crippen LogP contribution in [0.2, 0.25) is 5.02 Å². The molecule has 0 aliphatic carbocycles. The number of nitrogens with one attached hydrogen (secondary N) is 1. The Kier molecular flexibility index (Phi) is 5.94. The molecular weight excluding hydrogens is 447 g/mol. The standard InChI is InChI=1S/C23H18ClFN6O2/c1-11-3-19(27)30-12(2)16(11)10-29-23(32)22-18(8-26)31-20(33-22)6-13-4-14-7-15(24)9-28-21(14)17(25)5-13/h3-5,7,9H,6,10H2,1-2H3,(H2,27,30)(H,29,32). The smallest absolute Gasteiger partial charge is 0.290 e. The maximum absolute atomic E-state index is 14.4. The van der Waals surface area contributed by atoms with Crippen LogP contribution in [-0.4, -0.2) is 20.9 Å². The monoisotopic (exact) mass is 464 g/mol. The maximum Gasteiger partial charge on any atom is 0.290 e. The number of nitrogen functional groups attached to an aromatic ring is 1. The molecule has 33 heavy (non-hydrogen) atoms. The van der Waals surface area contributed by atoms with Gasteiger partial charge in [-0.1, -0.05) is 11.6 Å². The first-order chi connectivity index (χ1) is 15.7. The summed E-state index contributed by atoms with van der Waals surface area (Å²) < 4.78 is 20.0. The number of carbonyl (C=O) groups is 1. The number of nitrogens with zero attached hydrogens (tertiary/aromatic N) is 4. The molecule has 3 heterocycles. The van der Waals surface area contributed by atoms with E-state index in [2.05, 4.69) is 20.3 Å². The topological polar surface area (TPSA) is 131 Å². The molecule has 0 atom stereocenters. The molecule has 0 bridgehead atoms. The molecule has 0 saturated heterocycles. The summed E-state index contributed by atoms with van der Waals surface area (Å²) in [6, 6.07) is 8.18. The summed E-state index contributed by atoms with van der Waals surface area (Å²) in [4.78, 5) is 25.0. The summed E-state index contributed by atoms with van der Waals surface area (Å²) in [5.74, 6) is -0.826. The summed E-state index contributed by atoms with van der Waals surface area (Å²) in [7, 11) is 0. The SMILES string of the molecule is Cc1cc(N)nc(C)c1CNC(=O)c1oc(Cc2cc(F)c3ncc(Cl)cc3c2)nc1C#N. The van der Waals surface area contributed by atoms with E-state index in [9.17, 15) is 14.4 Å². The van der Waals surface area contributed by atoms with Crippen LogP contribution in [0.1, 0.15) is 44.5 Å². The predicted octanol–water partition coefficient (Wildman–Crippen LogP) is 4.00. The van der Waals surface area contributed by atoms with Crippen LogP contribution < -0.4 is 11.1 Å². The van der Waals surface area contributed by atoms with E-state index in [-0.39, 0.29) is 35.8 Å². The molecule has 0 saturated carbocycles. The van der Waals surface area contributed by atoms with Crippen molar-refractivity contribution in [2.24, 2.45) is 0 Å². The van der Waals surface area contributed by atoms with E-state index in [4.69, 9.17) is 21.8 Å². The Balaban J connectivity index is 1.56. The highest BCUT2D eigenvalue weighted by Crippen LogP contribution is 2.23. The van der Waals surface area contributed by atoms with E-state index in [1.165, 1.54) is 12.3 Å². The number of fused-ring (bicyclic) bond motifs is 1. The third kappa shape index (κ3) is 4.61. The highest BCUT2D eigenvalue weighted by molar-refractivity contribution is 6.31. The number of benzene rings is 1. The Labute approximate surface area is 193 Å². The van der Waals surface area contributed by atoms with Crippen LogP contribution in [-0.2, 0) is 13.0 Å². The fraction of sp³-hybridized carbons (Fsp3) is 0.174. The average molecular weight is 465 g/mol. The Morgan fingerprint density at radius 3 is 2.79 bits per heavy atom. The molecule has 0 aliphatic heterocycles. The number of carbonyl (C=O) groups excluding carboxylic acids is 1. The van der Waals surface area contributed by atoms with Gasteiger partial charge in [0.1, 0.15) is 23.2 Å². The molecule has 166 valence electrons. The van der Waals surface area contributed by atoms with Crippen molar-refractivity contribution in [1.29, 1.82) is 5.26 Å². The molecule has 10 heteroatoms. The first-order valence-corrected chi connectivity index (χ1v) is 10.3. The lowest BCUT2D eigenvalue weighted by Crippen LogP contribution is -2.24. The van der Waals surface area contributed by atoms with E-state index in [0.29, 0.717) is 27.5 Å². The number of halogens is 2. The zero-order valence-electron chi connectivity index (χ0n) is 17.7. The molecule has 0 unspecified atom stereocenters. The number of hydrogen-bond donors (Lipinski definition) is 2. The van der Waals surface area contributed by atoms with Crippen LogP contribution in [0.3, 0.4) is 0 Å². The van der Waals surface area contributed by atoms with Crippen molar-refractivity contribution in [2.45, 2.75) is 26.8 Å². The van der Waals surface area contributed by atoms with Gasteiger partial charge in [0.2, 0.25) is 11.7 Å². The van der Waals surface area contributed by atoms with Crippen molar-refractivity contribution in [3.05, 3.63) is 81.0 Å². The summed E-state index contributed by atoms with van der Waals surface area (Å²) in [6.07, 6.45) is 1.44. The lowest BCUT2D eigenvalue weighted by Gasteiger charge is -2.10. The van der Waals surface area contributed by atoms with Crippen LogP contribution in [0.25, 0.3) is 10.9 Å². The van der Waals surface area contributed by atoms with E-state index in [1.54, 1.807) is 25.1 Å². The zero-order chi connectivity index (χ0) is 23.7. The molecule has 0 fully saturated rings. The largest absolute Gasteiger partial charge is 0.434 e. The quantitative estimate of drug-likeness (QED) is 0.456. The molecule has 0 aliphatic rings. The highest BCUT2D eigenvalue weighted by atomic mass is 35.5. The lowest BCUT2D eigenvalue weighted by atomic mass is 10.1. The van der Waals surface area contributed by atoms with Crippen molar-refractivity contribution in [3.8, 4) is 6.07 Å². The van der Waals surface area contributed by atoms with Crippen LogP contribution in [0.4, 0.5) is 10.2 Å². The number of anilines is 1. The third-order valence-electron chi connectivity index (χ3n) is 5.10. The maximum atomic E-state index is 14.4. The molecule has 3 N–H and O–H groups in total. The number of nitrogens with two attached hydrogens (primary N) is 1. The van der Waals surface area contributed by atoms with Gasteiger partial charge in [-0.05, 0) is 54.8 Å². The number of oxazole rings is 1. The van der Waals surface area contributed by atoms with Gasteiger partial charge in [0, 0.05) is 30.2 Å². The van der Waals surface area contributed by atoms with Gasteiger partial charge in [-0.25, -0.2) is 14.4 Å². The van der Waals surface area contributed by atoms with E-state index < -0.39 is 11.7 Å². The molecule has 0 radical (unpaired) electrons. The number of aryl methyl sites for hydroxylation is 2. The van der Waals surface area contributed by atoms with Gasteiger partial charge >= 0.3 is 0 Å². The number of hydrogen-bond acceptors (Lipinski definition) is 7. The van der Waals surface area contributed by atoms with Crippen molar-refractivity contribution >= 4 is 34.2 Å². The van der Waals surface area contributed by atoms with E-state index in [0.717, 1.165) is 11.1 Å². The first kappa shape index (κ1) is 22.2. The van der Waals surface area contributed by atoms with Crippen molar-refractivity contribution in [3.63, 3.8) is 0 Å². The van der Waals surface area contributed by atoms with Crippen LogP contribution in [0.15, 0.2) is 34.9 Å². The van der Waals surface area contributed by atoms with Gasteiger partial charge in [0.15, 0.2) is 5.69 Å². The molecule has 4 aromatic rings. The number of aromatic nitrogens is 3. The number of rotatable bonds is 5. The minimum atomic E-state index is -0.596. The summed E-state index contributed by atoms with van der Waals surface area (Å²) in [5, 5.41) is 13.0. The predicted molar refractivity (Wildman–Crippen MR) is 120 cm³/mol. The van der Waals surface area contributed by atoms with Gasteiger partial charge in [-0.3, -0.25) is 9.78 Å². The summed E-state index contributed by atoms with van der Waals surface area (Å²) in [6.45, 7) is 3.84. The Hall–Kier alpha value is -4.03. The average Bonchev–Trinajstić information content (AvgIpc) is 3.15.